The van der Waals surface area contributed by atoms with Gasteiger partial charge < -0.3 is 14.8 Å². The largest absolute Gasteiger partial charge is 0.484 e. The van der Waals surface area contributed by atoms with Crippen LogP contribution < -0.4 is 10.1 Å². The number of aryl methyl sites for hydroxylation is 1. The van der Waals surface area contributed by atoms with Crippen molar-refractivity contribution < 1.29 is 14.3 Å². The molecule has 1 fully saturated rings. The first-order valence-electron chi connectivity index (χ1n) is 9.05. The molecule has 1 heterocycles. The van der Waals surface area contributed by atoms with E-state index in [1.54, 1.807) is 0 Å². The summed E-state index contributed by atoms with van der Waals surface area (Å²) in [6.45, 7) is 5.87. The van der Waals surface area contributed by atoms with E-state index >= 15 is 0 Å². The van der Waals surface area contributed by atoms with Crippen LogP contribution in [0.25, 0.3) is 0 Å². The Morgan fingerprint density at radius 1 is 1.15 bits per heavy atom. The fourth-order valence-corrected chi connectivity index (χ4v) is 3.15. The molecule has 5 nitrogen and oxygen atoms in total. The first-order valence-corrected chi connectivity index (χ1v) is 9.05. The molecule has 1 amide bonds. The molecule has 0 bridgehead atoms. The summed E-state index contributed by atoms with van der Waals surface area (Å²) in [6.07, 6.45) is 0. The molecule has 0 aliphatic carbocycles. The van der Waals surface area contributed by atoms with E-state index in [0.717, 1.165) is 26.3 Å². The summed E-state index contributed by atoms with van der Waals surface area (Å²) in [4.78, 5) is 14.6. The summed E-state index contributed by atoms with van der Waals surface area (Å²) in [5, 5.41) is 3.02. The molecule has 0 aromatic heterocycles. The second kappa shape index (κ2) is 9.36. The number of hydrogen-bond acceptors (Lipinski definition) is 4. The Kier molecular flexibility index (Phi) is 6.63. The number of hydrogen-bond donors (Lipinski definition) is 1. The van der Waals surface area contributed by atoms with E-state index in [-0.39, 0.29) is 18.6 Å². The minimum absolute atomic E-state index is 0.0215. The Morgan fingerprint density at radius 2 is 1.92 bits per heavy atom. The van der Waals surface area contributed by atoms with Crippen molar-refractivity contribution in [2.45, 2.75) is 13.0 Å². The Hall–Kier alpha value is -2.37. The minimum atomic E-state index is -0.111. The maximum atomic E-state index is 12.2. The lowest BCUT2D eigenvalue weighted by atomic mass is 10.0. The second-order valence-corrected chi connectivity index (χ2v) is 6.48. The van der Waals surface area contributed by atoms with Gasteiger partial charge >= 0.3 is 0 Å². The third kappa shape index (κ3) is 5.31. The molecule has 2 aromatic rings. The number of carbonyl (C=O) groups is 1. The summed E-state index contributed by atoms with van der Waals surface area (Å²) in [7, 11) is 0. The first-order chi connectivity index (χ1) is 12.7. The molecule has 2 aromatic carbocycles. The predicted octanol–water partition coefficient (Wildman–Crippen LogP) is 2.56. The molecular formula is C21H26N2O3. The van der Waals surface area contributed by atoms with Gasteiger partial charge in [-0.3, -0.25) is 9.69 Å². The molecule has 1 unspecified atom stereocenters. The van der Waals surface area contributed by atoms with Gasteiger partial charge in [0.15, 0.2) is 6.61 Å². The lowest BCUT2D eigenvalue weighted by Gasteiger charge is -2.35. The van der Waals surface area contributed by atoms with Gasteiger partial charge in [0.05, 0.1) is 19.3 Å². The molecule has 1 aliphatic heterocycles. The molecular weight excluding hydrogens is 328 g/mol. The van der Waals surface area contributed by atoms with Crippen LogP contribution in [0.5, 0.6) is 5.75 Å². The zero-order chi connectivity index (χ0) is 18.2. The van der Waals surface area contributed by atoms with E-state index in [2.05, 4.69) is 41.4 Å². The van der Waals surface area contributed by atoms with Gasteiger partial charge in [0.1, 0.15) is 5.75 Å². The molecule has 26 heavy (non-hydrogen) atoms. The highest BCUT2D eigenvalue weighted by Crippen LogP contribution is 2.22. The SMILES string of the molecule is Cc1cccc(C(CNC(=O)COc2ccccc2)N2CCOCC2)c1. The van der Waals surface area contributed by atoms with E-state index in [9.17, 15) is 4.79 Å². The standard InChI is InChI=1S/C21H26N2O3/c1-17-6-5-7-18(14-17)20(23-10-12-25-13-11-23)15-22-21(24)16-26-19-8-3-2-4-9-19/h2-9,14,20H,10-13,15-16H2,1H3,(H,22,24). The number of benzene rings is 2. The fraction of sp³-hybridized carbons (Fsp3) is 0.381. The topological polar surface area (TPSA) is 50.8 Å². The fourth-order valence-electron chi connectivity index (χ4n) is 3.15. The molecule has 0 saturated carbocycles. The lowest BCUT2D eigenvalue weighted by molar-refractivity contribution is -0.123. The van der Waals surface area contributed by atoms with Crippen molar-refractivity contribution in [1.29, 1.82) is 0 Å². The van der Waals surface area contributed by atoms with Gasteiger partial charge in [-0.05, 0) is 24.6 Å². The van der Waals surface area contributed by atoms with Crippen LogP contribution in [0.3, 0.4) is 0 Å². The Balaban J connectivity index is 1.59. The zero-order valence-electron chi connectivity index (χ0n) is 15.2. The zero-order valence-corrected chi connectivity index (χ0v) is 15.2. The van der Waals surface area contributed by atoms with Crippen molar-refractivity contribution in [2.75, 3.05) is 39.5 Å². The Labute approximate surface area is 154 Å². The highest BCUT2D eigenvalue weighted by Gasteiger charge is 2.23. The predicted molar refractivity (Wildman–Crippen MR) is 101 cm³/mol. The average Bonchev–Trinajstić information content (AvgIpc) is 2.68. The monoisotopic (exact) mass is 354 g/mol. The van der Waals surface area contributed by atoms with E-state index < -0.39 is 0 Å². The van der Waals surface area contributed by atoms with Gasteiger partial charge in [-0.25, -0.2) is 0 Å². The maximum absolute atomic E-state index is 12.2. The number of nitrogens with zero attached hydrogens (tertiary/aromatic N) is 1. The second-order valence-electron chi connectivity index (χ2n) is 6.48. The third-order valence-electron chi connectivity index (χ3n) is 4.52. The number of morpholine rings is 1. The van der Waals surface area contributed by atoms with Crippen molar-refractivity contribution in [2.24, 2.45) is 0 Å². The van der Waals surface area contributed by atoms with E-state index in [1.165, 1.54) is 11.1 Å². The lowest BCUT2D eigenvalue weighted by Crippen LogP contribution is -2.44. The quantitative estimate of drug-likeness (QED) is 0.830. The summed E-state index contributed by atoms with van der Waals surface area (Å²) in [5.41, 5.74) is 2.44. The summed E-state index contributed by atoms with van der Waals surface area (Å²) in [5.74, 6) is 0.589. The van der Waals surface area contributed by atoms with Crippen LogP contribution in [-0.2, 0) is 9.53 Å². The average molecular weight is 354 g/mol. The number of rotatable bonds is 7. The van der Waals surface area contributed by atoms with Gasteiger partial charge in [0.2, 0.25) is 0 Å². The van der Waals surface area contributed by atoms with Gasteiger partial charge in [0.25, 0.3) is 5.91 Å². The Bertz CT molecular complexity index is 699. The third-order valence-corrected chi connectivity index (χ3v) is 4.52. The molecule has 1 aliphatic rings. The van der Waals surface area contributed by atoms with Crippen LogP contribution in [0, 0.1) is 6.92 Å². The van der Waals surface area contributed by atoms with Gasteiger partial charge in [-0.15, -0.1) is 0 Å². The van der Waals surface area contributed by atoms with E-state index in [4.69, 9.17) is 9.47 Å². The number of nitrogens with one attached hydrogen (secondary N) is 1. The van der Waals surface area contributed by atoms with Crippen LogP contribution in [0.15, 0.2) is 54.6 Å². The first kappa shape index (κ1) is 18.4. The molecule has 3 rings (SSSR count). The highest BCUT2D eigenvalue weighted by molar-refractivity contribution is 5.77. The normalized spacial score (nSPS) is 16.0. The van der Waals surface area contributed by atoms with Crippen LogP contribution >= 0.6 is 0 Å². The van der Waals surface area contributed by atoms with Crippen LogP contribution in [-0.4, -0.2) is 50.3 Å². The summed E-state index contributed by atoms with van der Waals surface area (Å²) < 4.78 is 11.0. The van der Waals surface area contributed by atoms with Crippen molar-refractivity contribution in [1.82, 2.24) is 10.2 Å². The van der Waals surface area contributed by atoms with Gasteiger partial charge in [0, 0.05) is 19.6 Å². The number of carbonyl (C=O) groups excluding carboxylic acids is 1. The number of amides is 1. The Morgan fingerprint density at radius 3 is 2.65 bits per heavy atom. The summed E-state index contributed by atoms with van der Waals surface area (Å²) >= 11 is 0. The number of para-hydroxylation sites is 1. The highest BCUT2D eigenvalue weighted by atomic mass is 16.5. The molecule has 0 radical (unpaired) electrons. The number of ether oxygens (including phenoxy) is 2. The molecule has 1 saturated heterocycles. The van der Waals surface area contributed by atoms with Crippen LogP contribution in [0.1, 0.15) is 17.2 Å². The molecule has 0 spiro atoms. The van der Waals surface area contributed by atoms with Crippen LogP contribution in [0.2, 0.25) is 0 Å². The van der Waals surface area contributed by atoms with Gasteiger partial charge in [-0.1, -0.05) is 48.0 Å². The van der Waals surface area contributed by atoms with Gasteiger partial charge in [-0.2, -0.15) is 0 Å². The summed E-state index contributed by atoms with van der Waals surface area (Å²) in [6, 6.07) is 18.0. The molecule has 138 valence electrons. The molecule has 1 N–H and O–H groups in total. The molecule has 5 heteroatoms. The molecule has 1 atom stereocenters. The van der Waals surface area contributed by atoms with Crippen molar-refractivity contribution in [3.05, 3.63) is 65.7 Å². The van der Waals surface area contributed by atoms with E-state index in [1.807, 2.05) is 30.3 Å². The van der Waals surface area contributed by atoms with Crippen molar-refractivity contribution in [3.8, 4) is 5.75 Å². The van der Waals surface area contributed by atoms with E-state index in [0.29, 0.717) is 12.3 Å². The van der Waals surface area contributed by atoms with Crippen LogP contribution in [0.4, 0.5) is 0 Å². The minimum Gasteiger partial charge on any atom is -0.484 e. The smallest absolute Gasteiger partial charge is 0.258 e. The maximum Gasteiger partial charge on any atom is 0.258 e. The van der Waals surface area contributed by atoms with Crippen molar-refractivity contribution >= 4 is 5.91 Å². The van der Waals surface area contributed by atoms with Crippen molar-refractivity contribution in [3.63, 3.8) is 0 Å².